The van der Waals surface area contributed by atoms with Crippen molar-refractivity contribution in [2.24, 2.45) is 0 Å². The molecular formula is C16H22FNO3. The molecule has 0 saturated heterocycles. The van der Waals surface area contributed by atoms with Crippen LogP contribution in [0.25, 0.3) is 0 Å². The van der Waals surface area contributed by atoms with E-state index in [1.807, 2.05) is 0 Å². The molecule has 116 valence electrons. The fraction of sp³-hybridized carbons (Fsp3) is 0.500. The molecule has 1 aromatic rings. The first-order chi connectivity index (χ1) is 9.95. The van der Waals surface area contributed by atoms with Gasteiger partial charge in [-0.3, -0.25) is 9.59 Å². The number of carbonyl (C=O) groups is 2. The highest BCUT2D eigenvalue weighted by molar-refractivity contribution is 5.94. The summed E-state index contributed by atoms with van der Waals surface area (Å²) in [6.07, 6.45) is 2.26. The maximum atomic E-state index is 13.8. The zero-order valence-electron chi connectivity index (χ0n) is 12.7. The van der Waals surface area contributed by atoms with E-state index in [1.54, 1.807) is 6.92 Å². The Morgan fingerprint density at radius 2 is 2.05 bits per heavy atom. The van der Waals surface area contributed by atoms with Gasteiger partial charge in [0.15, 0.2) is 23.5 Å². The first-order valence-corrected chi connectivity index (χ1v) is 7.20. The minimum atomic E-state index is -0.788. The summed E-state index contributed by atoms with van der Waals surface area (Å²) < 4.78 is 19.1. The van der Waals surface area contributed by atoms with Crippen LogP contribution < -0.4 is 10.1 Å². The Morgan fingerprint density at radius 3 is 2.62 bits per heavy atom. The molecule has 1 rings (SSSR count). The van der Waals surface area contributed by atoms with Crippen molar-refractivity contribution in [3.63, 3.8) is 0 Å². The molecule has 21 heavy (non-hydrogen) atoms. The van der Waals surface area contributed by atoms with Crippen LogP contribution in [0.15, 0.2) is 18.2 Å². The average Bonchev–Trinajstić information content (AvgIpc) is 2.45. The Morgan fingerprint density at radius 1 is 1.33 bits per heavy atom. The number of ketones is 1. The van der Waals surface area contributed by atoms with Crippen LogP contribution in [0.3, 0.4) is 0 Å². The number of carbonyl (C=O) groups excluding carboxylic acids is 2. The normalized spacial score (nSPS) is 11.8. The number of rotatable bonds is 8. The molecule has 1 unspecified atom stereocenters. The number of hydrogen-bond donors (Lipinski definition) is 1. The van der Waals surface area contributed by atoms with Gasteiger partial charge in [0.2, 0.25) is 0 Å². The quantitative estimate of drug-likeness (QED) is 0.592. The van der Waals surface area contributed by atoms with Crippen molar-refractivity contribution in [2.75, 3.05) is 6.54 Å². The highest BCUT2D eigenvalue weighted by Gasteiger charge is 2.16. The van der Waals surface area contributed by atoms with Gasteiger partial charge in [-0.15, -0.1) is 0 Å². The number of hydrogen-bond acceptors (Lipinski definition) is 3. The fourth-order valence-electron chi connectivity index (χ4n) is 1.79. The van der Waals surface area contributed by atoms with Gasteiger partial charge in [0.05, 0.1) is 0 Å². The van der Waals surface area contributed by atoms with E-state index in [2.05, 4.69) is 12.2 Å². The molecule has 4 nitrogen and oxygen atoms in total. The number of unbranched alkanes of at least 4 members (excludes halogenated alkanes) is 2. The number of ether oxygens (including phenoxy) is 1. The summed E-state index contributed by atoms with van der Waals surface area (Å²) in [5.41, 5.74) is 0.275. The second-order valence-corrected chi connectivity index (χ2v) is 4.96. The highest BCUT2D eigenvalue weighted by Crippen LogP contribution is 2.20. The molecule has 1 amide bonds. The van der Waals surface area contributed by atoms with Crippen LogP contribution in [0, 0.1) is 5.82 Å². The maximum Gasteiger partial charge on any atom is 0.260 e. The third kappa shape index (κ3) is 5.53. The van der Waals surface area contributed by atoms with Gasteiger partial charge in [-0.25, -0.2) is 4.39 Å². The number of Topliss-reactive ketones (excluding diaryl/α,β-unsaturated/α-hetero) is 1. The summed E-state index contributed by atoms with van der Waals surface area (Å²) >= 11 is 0. The SMILES string of the molecule is CCCCCNC(=O)C(C)Oc1ccc(C(C)=O)cc1F. The Balaban J connectivity index is 2.56. The van der Waals surface area contributed by atoms with Gasteiger partial charge >= 0.3 is 0 Å². The standard InChI is InChI=1S/C16H22FNO3/c1-4-5-6-9-18-16(20)12(3)21-15-8-7-13(11(2)19)10-14(15)17/h7-8,10,12H,4-6,9H2,1-3H3,(H,18,20). The molecule has 5 heteroatoms. The zero-order valence-corrected chi connectivity index (χ0v) is 12.7. The van der Waals surface area contributed by atoms with Crippen molar-refractivity contribution in [3.8, 4) is 5.75 Å². The molecule has 0 spiro atoms. The van der Waals surface area contributed by atoms with Crippen molar-refractivity contribution >= 4 is 11.7 Å². The summed E-state index contributed by atoms with van der Waals surface area (Å²) in [7, 11) is 0. The molecule has 0 radical (unpaired) electrons. The van der Waals surface area contributed by atoms with E-state index in [0.717, 1.165) is 25.3 Å². The lowest BCUT2D eigenvalue weighted by atomic mass is 10.1. The predicted octanol–water partition coefficient (Wildman–Crippen LogP) is 3.10. The highest BCUT2D eigenvalue weighted by atomic mass is 19.1. The third-order valence-electron chi connectivity index (χ3n) is 3.09. The second-order valence-electron chi connectivity index (χ2n) is 4.96. The summed E-state index contributed by atoms with van der Waals surface area (Å²) in [6.45, 7) is 5.60. The lowest BCUT2D eigenvalue weighted by molar-refractivity contribution is -0.127. The first-order valence-electron chi connectivity index (χ1n) is 7.20. The van der Waals surface area contributed by atoms with Crippen LogP contribution >= 0.6 is 0 Å². The van der Waals surface area contributed by atoms with E-state index in [9.17, 15) is 14.0 Å². The topological polar surface area (TPSA) is 55.4 Å². The van der Waals surface area contributed by atoms with Crippen LogP contribution in [0.1, 0.15) is 50.4 Å². The van der Waals surface area contributed by atoms with E-state index >= 15 is 0 Å². The van der Waals surface area contributed by atoms with Gasteiger partial charge in [0.25, 0.3) is 5.91 Å². The zero-order chi connectivity index (χ0) is 15.8. The Labute approximate surface area is 124 Å². The van der Waals surface area contributed by atoms with Crippen LogP contribution in [-0.4, -0.2) is 24.3 Å². The number of benzene rings is 1. The Hall–Kier alpha value is -1.91. The number of nitrogens with one attached hydrogen (secondary N) is 1. The molecule has 0 saturated carbocycles. The van der Waals surface area contributed by atoms with Crippen molar-refractivity contribution in [3.05, 3.63) is 29.6 Å². The minimum Gasteiger partial charge on any atom is -0.478 e. The lowest BCUT2D eigenvalue weighted by Gasteiger charge is -2.15. The van der Waals surface area contributed by atoms with E-state index < -0.39 is 11.9 Å². The lowest BCUT2D eigenvalue weighted by Crippen LogP contribution is -2.37. The van der Waals surface area contributed by atoms with Gasteiger partial charge in [0, 0.05) is 12.1 Å². The van der Waals surface area contributed by atoms with Crippen LogP contribution in [-0.2, 0) is 4.79 Å². The summed E-state index contributed by atoms with van der Waals surface area (Å²) in [5, 5.41) is 2.75. The molecule has 0 aliphatic carbocycles. The molecule has 0 bridgehead atoms. The smallest absolute Gasteiger partial charge is 0.260 e. The van der Waals surface area contributed by atoms with Gasteiger partial charge < -0.3 is 10.1 Å². The van der Waals surface area contributed by atoms with E-state index in [0.29, 0.717) is 6.54 Å². The van der Waals surface area contributed by atoms with Crippen LogP contribution in [0.4, 0.5) is 4.39 Å². The molecule has 0 aromatic heterocycles. The molecule has 0 fully saturated rings. The summed E-state index contributed by atoms with van der Waals surface area (Å²) in [5.74, 6) is -1.17. The van der Waals surface area contributed by atoms with Crippen molar-refractivity contribution in [2.45, 2.75) is 46.1 Å². The minimum absolute atomic E-state index is 0.0313. The molecule has 1 aromatic carbocycles. The van der Waals surface area contributed by atoms with E-state index in [-0.39, 0.29) is 23.0 Å². The van der Waals surface area contributed by atoms with Crippen LogP contribution in [0.2, 0.25) is 0 Å². The summed E-state index contributed by atoms with van der Waals surface area (Å²) in [6, 6.07) is 3.96. The van der Waals surface area contributed by atoms with E-state index in [4.69, 9.17) is 4.74 Å². The average molecular weight is 295 g/mol. The molecule has 1 N–H and O–H groups in total. The van der Waals surface area contributed by atoms with Crippen LogP contribution in [0.5, 0.6) is 5.75 Å². The van der Waals surface area contributed by atoms with Crippen molar-refractivity contribution < 1.29 is 18.7 Å². The van der Waals surface area contributed by atoms with Crippen molar-refractivity contribution in [1.29, 1.82) is 0 Å². The Bertz CT molecular complexity index is 502. The first kappa shape index (κ1) is 17.1. The molecule has 0 aliphatic rings. The van der Waals surface area contributed by atoms with Gasteiger partial charge in [-0.2, -0.15) is 0 Å². The molecule has 0 heterocycles. The Kier molecular flexibility index (Phi) is 6.85. The van der Waals surface area contributed by atoms with E-state index in [1.165, 1.54) is 19.1 Å². The fourth-order valence-corrected chi connectivity index (χ4v) is 1.79. The largest absolute Gasteiger partial charge is 0.478 e. The summed E-state index contributed by atoms with van der Waals surface area (Å²) in [4.78, 5) is 22.9. The van der Waals surface area contributed by atoms with Crippen molar-refractivity contribution in [1.82, 2.24) is 5.32 Å². The molecule has 1 atom stereocenters. The van der Waals surface area contributed by atoms with Gasteiger partial charge in [0.1, 0.15) is 0 Å². The molecular weight excluding hydrogens is 273 g/mol. The third-order valence-corrected chi connectivity index (χ3v) is 3.09. The number of halogens is 1. The monoisotopic (exact) mass is 295 g/mol. The molecule has 0 aliphatic heterocycles. The number of amides is 1. The van der Waals surface area contributed by atoms with Gasteiger partial charge in [-0.05, 0) is 38.5 Å². The predicted molar refractivity (Wildman–Crippen MR) is 79.0 cm³/mol. The van der Waals surface area contributed by atoms with Gasteiger partial charge in [-0.1, -0.05) is 19.8 Å². The second kappa shape index (κ2) is 8.39. The maximum absolute atomic E-state index is 13.8.